The van der Waals surface area contributed by atoms with E-state index in [9.17, 15) is 18.0 Å². The molecular formula is C19H14B3NO6S. The van der Waals surface area contributed by atoms with Gasteiger partial charge in [-0.1, -0.05) is 54.6 Å². The maximum atomic E-state index is 12.9. The van der Waals surface area contributed by atoms with Crippen LogP contribution in [0.5, 0.6) is 0 Å². The highest BCUT2D eigenvalue weighted by molar-refractivity contribution is 7.90. The summed E-state index contributed by atoms with van der Waals surface area (Å²) in [6.07, 6.45) is 0. The molecule has 1 aliphatic heterocycles. The van der Waals surface area contributed by atoms with Crippen LogP contribution in [0.15, 0.2) is 66.2 Å². The first-order valence-corrected chi connectivity index (χ1v) is 10.0. The maximum absolute atomic E-state index is 12.9. The average Bonchev–Trinajstić information content (AvgIpc) is 2.92. The van der Waals surface area contributed by atoms with Crippen molar-refractivity contribution in [2.45, 2.75) is 17.0 Å². The smallest absolute Gasteiger partial charge is 0.302 e. The highest BCUT2D eigenvalue weighted by atomic mass is 32.2. The monoisotopic (exact) mass is 417 g/mol. The normalized spacial score (nSPS) is 19.4. The topological polar surface area (TPSA) is 113 Å². The van der Waals surface area contributed by atoms with Crippen LogP contribution in [0.1, 0.15) is 28.4 Å². The third-order valence-electron chi connectivity index (χ3n) is 4.59. The molecule has 7 nitrogen and oxygen atoms in total. The highest BCUT2D eigenvalue weighted by Gasteiger charge is 2.50. The fourth-order valence-electron chi connectivity index (χ4n) is 2.79. The molecule has 146 valence electrons. The Kier molecular flexibility index (Phi) is 5.36. The Labute approximate surface area is 178 Å². The zero-order valence-corrected chi connectivity index (χ0v) is 16.7. The Bertz CT molecular complexity index is 1150. The molecule has 1 heterocycles. The van der Waals surface area contributed by atoms with Gasteiger partial charge in [0.05, 0.1) is 20.2 Å². The van der Waals surface area contributed by atoms with E-state index in [2.05, 4.69) is 0 Å². The number of benzene rings is 2. The van der Waals surface area contributed by atoms with Crippen LogP contribution in [-0.4, -0.2) is 43.5 Å². The van der Waals surface area contributed by atoms with Crippen molar-refractivity contribution in [2.75, 3.05) is 0 Å². The van der Waals surface area contributed by atoms with Crippen LogP contribution in [0, 0.1) is 0 Å². The lowest BCUT2D eigenvalue weighted by Gasteiger charge is -2.26. The summed E-state index contributed by atoms with van der Waals surface area (Å²) in [7, 11) is 12.8. The molecule has 0 unspecified atom stereocenters. The summed E-state index contributed by atoms with van der Waals surface area (Å²) in [6.45, 7) is 1.37. The van der Waals surface area contributed by atoms with Crippen molar-refractivity contribution in [3.63, 3.8) is 0 Å². The van der Waals surface area contributed by atoms with Crippen molar-refractivity contribution in [1.82, 2.24) is 0 Å². The van der Waals surface area contributed by atoms with Crippen molar-refractivity contribution < 1.29 is 26.9 Å². The first kappa shape index (κ1) is 21.8. The quantitative estimate of drug-likeness (QED) is 0.412. The molecule has 1 atom stereocenters. The van der Waals surface area contributed by atoms with Gasteiger partial charge in [-0.3, -0.25) is 9.59 Å². The Morgan fingerprint density at radius 2 is 1.67 bits per heavy atom. The molecule has 30 heavy (non-hydrogen) atoms. The van der Waals surface area contributed by atoms with Gasteiger partial charge in [-0.05, 0) is 18.1 Å². The van der Waals surface area contributed by atoms with Crippen molar-refractivity contribution in [1.29, 1.82) is 0 Å². The lowest BCUT2D eigenvalue weighted by Crippen LogP contribution is -2.40. The molecule has 6 radical (unpaired) electrons. The summed E-state index contributed by atoms with van der Waals surface area (Å²) in [5, 5.41) is 0. The summed E-state index contributed by atoms with van der Waals surface area (Å²) in [4.78, 5) is 24.3. The van der Waals surface area contributed by atoms with Gasteiger partial charge >= 0.3 is 10.1 Å². The molecule has 0 amide bonds. The number of rotatable bonds is 6. The fourth-order valence-corrected chi connectivity index (χ4v) is 3.73. The minimum absolute atomic E-state index is 0.0226. The van der Waals surface area contributed by atoms with Gasteiger partial charge in [0.2, 0.25) is 17.4 Å². The molecule has 0 bridgehead atoms. The Hall–Kier alpha value is -2.94. The summed E-state index contributed by atoms with van der Waals surface area (Å²) in [6, 6.07) is 13.1. The van der Waals surface area contributed by atoms with E-state index in [1.807, 2.05) is 0 Å². The number of hydrogen-bond acceptors (Lipinski definition) is 7. The lowest BCUT2D eigenvalue weighted by atomic mass is 9.65. The largest absolute Gasteiger partial charge is 0.467 e. The van der Waals surface area contributed by atoms with E-state index in [0.29, 0.717) is 5.56 Å². The first-order chi connectivity index (χ1) is 13.9. The predicted molar refractivity (Wildman–Crippen MR) is 111 cm³/mol. The molecule has 3 rings (SSSR count). The van der Waals surface area contributed by atoms with E-state index in [1.54, 1.807) is 6.07 Å². The number of nitrogens with two attached hydrogens (primary N) is 1. The second kappa shape index (κ2) is 7.39. The van der Waals surface area contributed by atoms with Crippen LogP contribution in [0.2, 0.25) is 0 Å². The number of hydrogen-bond donors (Lipinski definition) is 1. The van der Waals surface area contributed by atoms with Gasteiger partial charge in [0.15, 0.2) is 11.3 Å². The van der Waals surface area contributed by atoms with Gasteiger partial charge in [0, 0.05) is 5.56 Å². The molecule has 0 saturated carbocycles. The molecule has 0 saturated heterocycles. The zero-order valence-electron chi connectivity index (χ0n) is 15.9. The van der Waals surface area contributed by atoms with Gasteiger partial charge in [0.1, 0.15) is 7.85 Å². The van der Waals surface area contributed by atoms with Crippen molar-refractivity contribution in [3.05, 3.63) is 82.9 Å². The zero-order chi connectivity index (χ0) is 22.3. The average molecular weight is 417 g/mol. The molecule has 2 N–H and O–H groups in total. The SMILES string of the molecule is [B]C([B])(c1ccccc1)S(=O)(=O)OC1=C(N)O[C@@]([B])(c2ccc(C(C)=O)cc2)C1=O. The third kappa shape index (κ3) is 3.54. The van der Waals surface area contributed by atoms with Crippen molar-refractivity contribution in [3.8, 4) is 0 Å². The first-order valence-electron chi connectivity index (χ1n) is 8.61. The van der Waals surface area contributed by atoms with Crippen LogP contribution in [0.4, 0.5) is 0 Å². The standard InChI is InChI=1S/C19H14B3NO6S/c1-11(24)12-7-9-13(10-8-12)18(20)16(25)15(17(23)28-18)29-30(26,27)19(21,22)14-5-3-2-4-6-14/h2-10H,23H2,1H3/t18-/m0/s1. The minimum atomic E-state index is -4.80. The second-order valence-corrected chi connectivity index (χ2v) is 8.44. The van der Waals surface area contributed by atoms with Crippen molar-refractivity contribution in [2.24, 2.45) is 5.73 Å². The highest BCUT2D eigenvalue weighted by Crippen LogP contribution is 2.38. The number of ketones is 2. The number of Topliss-reactive ketones (excluding diaryl/α,β-unsaturated/α-hetero) is 2. The maximum Gasteiger partial charge on any atom is 0.302 e. The van der Waals surface area contributed by atoms with E-state index in [1.165, 1.54) is 55.5 Å². The van der Waals surface area contributed by atoms with E-state index in [0.717, 1.165) is 0 Å². The molecule has 2 aromatic carbocycles. The Balaban J connectivity index is 1.91. The van der Waals surface area contributed by atoms with Crippen LogP contribution in [-0.2, 0) is 33.9 Å². The van der Waals surface area contributed by atoms with Crippen LogP contribution in [0.25, 0.3) is 0 Å². The number of ether oxygens (including phenoxy) is 1. The second-order valence-electron chi connectivity index (χ2n) is 6.69. The Morgan fingerprint density at radius 3 is 2.20 bits per heavy atom. The van der Waals surface area contributed by atoms with Gasteiger partial charge in [-0.15, -0.1) is 0 Å². The van der Waals surface area contributed by atoms with Crippen molar-refractivity contribution >= 4 is 45.2 Å². The summed E-state index contributed by atoms with van der Waals surface area (Å²) in [5.41, 5.74) is 4.07. The molecular weight excluding hydrogens is 403 g/mol. The molecule has 2 aromatic rings. The van der Waals surface area contributed by atoms with Crippen LogP contribution >= 0.6 is 0 Å². The van der Waals surface area contributed by atoms with E-state index in [4.69, 9.17) is 38.2 Å². The molecule has 0 spiro atoms. The fraction of sp³-hybridized carbons (Fsp3) is 0.158. The summed E-state index contributed by atoms with van der Waals surface area (Å²) < 4.78 is 33.1. The van der Waals surface area contributed by atoms with Gasteiger partial charge < -0.3 is 14.7 Å². The Morgan fingerprint density at radius 1 is 1.10 bits per heavy atom. The number of carbonyl (C=O) groups excluding carboxylic acids is 2. The number of carbonyl (C=O) groups is 2. The summed E-state index contributed by atoms with van der Waals surface area (Å²) >= 11 is 0. The third-order valence-corrected chi connectivity index (χ3v) is 6.04. The molecule has 1 aliphatic rings. The molecule has 0 aliphatic carbocycles. The van der Waals surface area contributed by atoms with Crippen LogP contribution < -0.4 is 5.73 Å². The summed E-state index contributed by atoms with van der Waals surface area (Å²) in [5.74, 6) is -2.74. The molecule has 11 heteroatoms. The minimum Gasteiger partial charge on any atom is -0.467 e. The van der Waals surface area contributed by atoms with Gasteiger partial charge in [0.25, 0.3) is 0 Å². The predicted octanol–water partition coefficient (Wildman–Crippen LogP) is 0.431. The van der Waals surface area contributed by atoms with Gasteiger partial charge in [-0.2, -0.15) is 8.42 Å². The lowest BCUT2D eigenvalue weighted by molar-refractivity contribution is -0.126. The van der Waals surface area contributed by atoms with E-state index < -0.39 is 37.6 Å². The van der Waals surface area contributed by atoms with Gasteiger partial charge in [-0.25, -0.2) is 0 Å². The van der Waals surface area contributed by atoms with E-state index in [-0.39, 0.29) is 16.9 Å². The van der Waals surface area contributed by atoms with Crippen LogP contribution in [0.3, 0.4) is 0 Å². The molecule has 0 fully saturated rings. The van der Waals surface area contributed by atoms with E-state index >= 15 is 0 Å². The molecule has 0 aromatic heterocycles.